The molecule has 1 saturated carbocycles. The van der Waals surface area contributed by atoms with Crippen molar-refractivity contribution in [2.75, 3.05) is 6.54 Å². The molecule has 3 aliphatic rings. The summed E-state index contributed by atoms with van der Waals surface area (Å²) in [6.45, 7) is 3.05. The Morgan fingerprint density at radius 3 is 2.73 bits per heavy atom. The van der Waals surface area contributed by atoms with Gasteiger partial charge in [-0.25, -0.2) is 8.78 Å². The van der Waals surface area contributed by atoms with Crippen LogP contribution in [0.25, 0.3) is 11.3 Å². The summed E-state index contributed by atoms with van der Waals surface area (Å²) in [6.07, 6.45) is 1.70. The van der Waals surface area contributed by atoms with E-state index in [4.69, 9.17) is 5.10 Å². The zero-order valence-corrected chi connectivity index (χ0v) is 18.4. The van der Waals surface area contributed by atoms with Crippen molar-refractivity contribution < 1.29 is 18.7 Å². The summed E-state index contributed by atoms with van der Waals surface area (Å²) in [7, 11) is 0. The molecule has 2 heterocycles. The van der Waals surface area contributed by atoms with Gasteiger partial charge in [-0.05, 0) is 43.0 Å². The van der Waals surface area contributed by atoms with Gasteiger partial charge >= 0.3 is 0 Å². The maximum absolute atomic E-state index is 14.5. The quantitative estimate of drug-likeness (QED) is 0.659. The zero-order valence-electron chi connectivity index (χ0n) is 18.4. The van der Waals surface area contributed by atoms with E-state index in [2.05, 4.69) is 0 Å². The second-order valence-electron chi connectivity index (χ2n) is 9.54. The Hall–Kier alpha value is -3.06. The second kappa shape index (κ2) is 7.48. The lowest BCUT2D eigenvalue weighted by Gasteiger charge is -2.29. The number of aliphatic hydroxyl groups is 1. The van der Waals surface area contributed by atoms with Gasteiger partial charge < -0.3 is 10.0 Å². The number of benzene rings is 2. The van der Waals surface area contributed by atoms with Gasteiger partial charge in [0.05, 0.1) is 11.8 Å². The number of aromatic nitrogens is 2. The molecule has 7 heteroatoms. The molecule has 0 radical (unpaired) electrons. The van der Waals surface area contributed by atoms with Crippen LogP contribution in [0, 0.1) is 24.5 Å². The molecule has 5 nitrogen and oxygen atoms in total. The lowest BCUT2D eigenvalue weighted by atomic mass is 9.99. The van der Waals surface area contributed by atoms with Crippen molar-refractivity contribution in [3.05, 3.63) is 76.0 Å². The van der Waals surface area contributed by atoms with Gasteiger partial charge in [-0.3, -0.25) is 9.48 Å². The van der Waals surface area contributed by atoms with Gasteiger partial charge in [0.1, 0.15) is 17.7 Å². The molecule has 3 aromatic rings. The molecule has 2 aliphatic carbocycles. The molecule has 1 aliphatic heterocycles. The van der Waals surface area contributed by atoms with Crippen molar-refractivity contribution in [3.63, 3.8) is 0 Å². The Labute approximate surface area is 190 Å². The molecule has 1 amide bonds. The number of rotatable bonds is 3. The Bertz CT molecular complexity index is 1280. The second-order valence-corrected chi connectivity index (χ2v) is 9.54. The van der Waals surface area contributed by atoms with Crippen molar-refractivity contribution in [1.82, 2.24) is 14.7 Å². The highest BCUT2D eigenvalue weighted by atomic mass is 19.1. The van der Waals surface area contributed by atoms with Crippen LogP contribution >= 0.6 is 0 Å². The molecule has 6 rings (SSSR count). The van der Waals surface area contributed by atoms with E-state index in [-0.39, 0.29) is 18.2 Å². The molecule has 1 aromatic heterocycles. The number of amides is 1. The first-order chi connectivity index (χ1) is 15.9. The molecule has 170 valence electrons. The summed E-state index contributed by atoms with van der Waals surface area (Å²) in [4.78, 5) is 14.7. The minimum atomic E-state index is -0.906. The predicted molar refractivity (Wildman–Crippen MR) is 118 cm³/mol. The van der Waals surface area contributed by atoms with Gasteiger partial charge in [0.15, 0.2) is 0 Å². The van der Waals surface area contributed by atoms with E-state index in [1.54, 1.807) is 4.68 Å². The number of carbonyl (C=O) groups excluding carboxylic acids is 1. The van der Waals surface area contributed by atoms with Crippen LogP contribution in [0.2, 0.25) is 0 Å². The highest BCUT2D eigenvalue weighted by molar-refractivity contribution is 5.81. The van der Waals surface area contributed by atoms with E-state index >= 15 is 0 Å². The van der Waals surface area contributed by atoms with Crippen molar-refractivity contribution in [2.24, 2.45) is 5.92 Å². The minimum absolute atomic E-state index is 0.118. The summed E-state index contributed by atoms with van der Waals surface area (Å²) in [5.41, 5.74) is 5.46. The van der Waals surface area contributed by atoms with Crippen LogP contribution in [-0.2, 0) is 24.2 Å². The van der Waals surface area contributed by atoms with Crippen molar-refractivity contribution in [2.45, 2.75) is 51.3 Å². The normalized spacial score (nSPS) is 21.8. The number of aryl methyl sites for hydroxylation is 1. The third kappa shape index (κ3) is 3.37. The SMILES string of the molecule is Cc1cccc(-c2nn([C@@H]3c4cc(F)cc(F)c4C[C@H]3O)c3c2CN(C(=O)C2CC2)CC3)c1. The lowest BCUT2D eigenvalue weighted by molar-refractivity contribution is -0.133. The van der Waals surface area contributed by atoms with E-state index in [1.807, 2.05) is 36.1 Å². The third-order valence-electron chi connectivity index (χ3n) is 7.17. The van der Waals surface area contributed by atoms with Crippen molar-refractivity contribution in [1.29, 1.82) is 0 Å². The summed E-state index contributed by atoms with van der Waals surface area (Å²) in [6, 6.07) is 9.53. The fourth-order valence-corrected chi connectivity index (χ4v) is 5.40. The maximum Gasteiger partial charge on any atom is 0.225 e. The molecule has 1 N–H and O–H groups in total. The number of carbonyl (C=O) groups is 1. The van der Waals surface area contributed by atoms with E-state index < -0.39 is 23.8 Å². The molecule has 1 fully saturated rings. The first-order valence-electron chi connectivity index (χ1n) is 11.5. The Kier molecular flexibility index (Phi) is 4.66. The number of fused-ring (bicyclic) bond motifs is 2. The standard InChI is InChI=1S/C26H25F2N3O2/c1-14-3-2-4-16(9-14)24-20-13-30(26(33)15-5-6-15)8-7-22(20)31(29-24)25-19-10-17(27)11-21(28)18(19)12-23(25)32/h2-4,9-11,15,23,25,32H,5-8,12-13H2,1H3/t23-,25-/m1/s1. The summed E-state index contributed by atoms with van der Waals surface area (Å²) >= 11 is 0. The third-order valence-corrected chi connectivity index (χ3v) is 7.17. The Morgan fingerprint density at radius 2 is 1.97 bits per heavy atom. The van der Waals surface area contributed by atoms with Crippen LogP contribution in [-0.4, -0.2) is 38.3 Å². The van der Waals surface area contributed by atoms with Crippen LogP contribution in [0.4, 0.5) is 8.78 Å². The summed E-state index contributed by atoms with van der Waals surface area (Å²) in [5, 5.41) is 15.8. The summed E-state index contributed by atoms with van der Waals surface area (Å²) in [5.74, 6) is -0.961. The first kappa shape index (κ1) is 20.5. The van der Waals surface area contributed by atoms with Crippen LogP contribution in [0.15, 0.2) is 36.4 Å². The highest BCUT2D eigenvalue weighted by Gasteiger charge is 2.40. The molecule has 33 heavy (non-hydrogen) atoms. The van der Waals surface area contributed by atoms with E-state index in [0.717, 1.165) is 47.0 Å². The fraction of sp³-hybridized carbons (Fsp3) is 0.385. The average molecular weight is 450 g/mol. The van der Waals surface area contributed by atoms with Gasteiger partial charge in [0.2, 0.25) is 5.91 Å². The fourth-order valence-electron chi connectivity index (χ4n) is 5.40. The van der Waals surface area contributed by atoms with E-state index in [9.17, 15) is 18.7 Å². The molecule has 0 spiro atoms. The molecular formula is C26H25F2N3O2. The van der Waals surface area contributed by atoms with Crippen molar-refractivity contribution >= 4 is 5.91 Å². The Balaban J connectivity index is 1.49. The van der Waals surface area contributed by atoms with Crippen LogP contribution in [0.3, 0.4) is 0 Å². The number of hydrogen-bond acceptors (Lipinski definition) is 3. The Morgan fingerprint density at radius 1 is 1.15 bits per heavy atom. The van der Waals surface area contributed by atoms with Gasteiger partial charge in [-0.1, -0.05) is 23.8 Å². The number of hydrogen-bond donors (Lipinski definition) is 1. The van der Waals surface area contributed by atoms with E-state index in [0.29, 0.717) is 30.6 Å². The molecule has 2 aromatic carbocycles. The van der Waals surface area contributed by atoms with Gasteiger partial charge in [-0.2, -0.15) is 5.10 Å². The topological polar surface area (TPSA) is 58.4 Å². The molecule has 0 unspecified atom stereocenters. The minimum Gasteiger partial charge on any atom is -0.390 e. The van der Waals surface area contributed by atoms with Gasteiger partial charge in [-0.15, -0.1) is 0 Å². The number of aliphatic hydroxyl groups excluding tert-OH is 1. The number of halogens is 2. The average Bonchev–Trinajstić information content (AvgIpc) is 3.50. The molecule has 0 bridgehead atoms. The maximum atomic E-state index is 14.5. The smallest absolute Gasteiger partial charge is 0.225 e. The molecular weight excluding hydrogens is 424 g/mol. The van der Waals surface area contributed by atoms with Gasteiger partial charge in [0.25, 0.3) is 0 Å². The molecule has 0 saturated heterocycles. The highest BCUT2D eigenvalue weighted by Crippen LogP contribution is 2.41. The molecule has 2 atom stereocenters. The monoisotopic (exact) mass is 449 g/mol. The lowest BCUT2D eigenvalue weighted by Crippen LogP contribution is -2.38. The number of nitrogens with zero attached hydrogens (tertiary/aromatic N) is 3. The van der Waals surface area contributed by atoms with Crippen LogP contribution in [0.5, 0.6) is 0 Å². The summed E-state index contributed by atoms with van der Waals surface area (Å²) < 4.78 is 30.3. The van der Waals surface area contributed by atoms with Crippen LogP contribution < -0.4 is 0 Å². The van der Waals surface area contributed by atoms with Crippen molar-refractivity contribution in [3.8, 4) is 11.3 Å². The van der Waals surface area contributed by atoms with Gasteiger partial charge in [0, 0.05) is 54.7 Å². The largest absolute Gasteiger partial charge is 0.390 e. The first-order valence-corrected chi connectivity index (χ1v) is 11.5. The predicted octanol–water partition coefficient (Wildman–Crippen LogP) is 3.94. The van der Waals surface area contributed by atoms with Crippen LogP contribution in [0.1, 0.15) is 46.8 Å². The zero-order chi connectivity index (χ0) is 22.9. The van der Waals surface area contributed by atoms with E-state index in [1.165, 1.54) is 6.07 Å².